The minimum atomic E-state index is 0.441. The minimum absolute atomic E-state index is 0.441. The number of hydrogen-bond donors (Lipinski definition) is 0. The molecule has 0 spiro atoms. The standard InChI is InChI=1S/C13H14ClN3/c1-17(10-11-2-5-15-6-3-11)13-4-7-16-12(8-13)9-14/h2-8H,9-10H2,1H3. The Balaban J connectivity index is 2.11. The van der Waals surface area contributed by atoms with E-state index in [-0.39, 0.29) is 0 Å². The SMILES string of the molecule is CN(Cc1ccncc1)c1ccnc(CCl)c1. The van der Waals surface area contributed by atoms with Gasteiger partial charge in [0.25, 0.3) is 0 Å². The number of alkyl halides is 1. The van der Waals surface area contributed by atoms with Crippen molar-refractivity contribution in [2.75, 3.05) is 11.9 Å². The Kier molecular flexibility index (Phi) is 3.94. The summed E-state index contributed by atoms with van der Waals surface area (Å²) in [6.45, 7) is 0.842. The molecular weight excluding hydrogens is 234 g/mol. The van der Waals surface area contributed by atoms with Crippen LogP contribution in [-0.2, 0) is 12.4 Å². The van der Waals surface area contributed by atoms with Crippen molar-refractivity contribution in [3.8, 4) is 0 Å². The van der Waals surface area contributed by atoms with Gasteiger partial charge in [-0.1, -0.05) is 0 Å². The summed E-state index contributed by atoms with van der Waals surface area (Å²) >= 11 is 5.77. The van der Waals surface area contributed by atoms with Crippen molar-refractivity contribution in [3.63, 3.8) is 0 Å². The molecule has 2 heterocycles. The first kappa shape index (κ1) is 11.9. The molecule has 2 aromatic rings. The summed E-state index contributed by atoms with van der Waals surface area (Å²) in [5.74, 6) is 0.441. The van der Waals surface area contributed by atoms with Crippen LogP contribution in [0, 0.1) is 0 Å². The van der Waals surface area contributed by atoms with E-state index in [0.29, 0.717) is 5.88 Å². The van der Waals surface area contributed by atoms with Gasteiger partial charge in [-0.2, -0.15) is 0 Å². The predicted molar refractivity (Wildman–Crippen MR) is 70.1 cm³/mol. The monoisotopic (exact) mass is 247 g/mol. The van der Waals surface area contributed by atoms with Crippen molar-refractivity contribution in [1.29, 1.82) is 0 Å². The van der Waals surface area contributed by atoms with Gasteiger partial charge in [-0.3, -0.25) is 9.97 Å². The maximum atomic E-state index is 5.77. The normalized spacial score (nSPS) is 10.2. The first-order valence-electron chi connectivity index (χ1n) is 5.40. The lowest BCUT2D eigenvalue weighted by atomic mass is 10.2. The van der Waals surface area contributed by atoms with Crippen LogP contribution in [0.3, 0.4) is 0 Å². The number of hydrogen-bond acceptors (Lipinski definition) is 3. The third-order valence-electron chi connectivity index (χ3n) is 2.55. The lowest BCUT2D eigenvalue weighted by Crippen LogP contribution is -2.16. The predicted octanol–water partition coefficient (Wildman–Crippen LogP) is 2.85. The molecule has 0 radical (unpaired) electrons. The Bertz CT molecular complexity index is 473. The Hall–Kier alpha value is -1.61. The molecule has 0 fully saturated rings. The van der Waals surface area contributed by atoms with E-state index in [0.717, 1.165) is 17.9 Å². The van der Waals surface area contributed by atoms with E-state index in [2.05, 4.69) is 14.9 Å². The van der Waals surface area contributed by atoms with Crippen molar-refractivity contribution in [2.24, 2.45) is 0 Å². The molecule has 0 saturated heterocycles. The Morgan fingerprint density at radius 2 is 1.94 bits per heavy atom. The zero-order valence-electron chi connectivity index (χ0n) is 9.68. The fourth-order valence-corrected chi connectivity index (χ4v) is 1.78. The van der Waals surface area contributed by atoms with E-state index in [1.807, 2.05) is 31.3 Å². The van der Waals surface area contributed by atoms with Gasteiger partial charge in [0.15, 0.2) is 0 Å². The molecule has 0 aliphatic rings. The van der Waals surface area contributed by atoms with Gasteiger partial charge >= 0.3 is 0 Å². The summed E-state index contributed by atoms with van der Waals surface area (Å²) in [5, 5.41) is 0. The van der Waals surface area contributed by atoms with Gasteiger partial charge in [-0.15, -0.1) is 11.6 Å². The van der Waals surface area contributed by atoms with Crippen LogP contribution in [0.1, 0.15) is 11.3 Å². The molecule has 88 valence electrons. The number of aromatic nitrogens is 2. The molecule has 0 saturated carbocycles. The zero-order valence-corrected chi connectivity index (χ0v) is 10.4. The molecule has 17 heavy (non-hydrogen) atoms. The van der Waals surface area contributed by atoms with Crippen LogP contribution >= 0.6 is 11.6 Å². The first-order valence-corrected chi connectivity index (χ1v) is 5.94. The molecular formula is C13H14ClN3. The summed E-state index contributed by atoms with van der Waals surface area (Å²) in [6.07, 6.45) is 5.40. The maximum absolute atomic E-state index is 5.77. The van der Waals surface area contributed by atoms with Crippen LogP contribution in [0.4, 0.5) is 5.69 Å². The highest BCUT2D eigenvalue weighted by atomic mass is 35.5. The van der Waals surface area contributed by atoms with Crippen LogP contribution in [0.5, 0.6) is 0 Å². The van der Waals surface area contributed by atoms with Gasteiger partial charge in [0.1, 0.15) is 0 Å². The summed E-state index contributed by atoms with van der Waals surface area (Å²) in [4.78, 5) is 10.3. The lowest BCUT2D eigenvalue weighted by Gasteiger charge is -2.19. The fourth-order valence-electron chi connectivity index (χ4n) is 1.63. The zero-order chi connectivity index (χ0) is 12.1. The van der Waals surface area contributed by atoms with E-state index in [1.54, 1.807) is 18.6 Å². The van der Waals surface area contributed by atoms with E-state index < -0.39 is 0 Å². The maximum Gasteiger partial charge on any atom is 0.0648 e. The Morgan fingerprint density at radius 1 is 1.18 bits per heavy atom. The van der Waals surface area contributed by atoms with Gasteiger partial charge in [0.05, 0.1) is 11.6 Å². The third-order valence-corrected chi connectivity index (χ3v) is 2.82. The highest BCUT2D eigenvalue weighted by Crippen LogP contribution is 2.16. The molecule has 0 aliphatic heterocycles. The topological polar surface area (TPSA) is 29.0 Å². The van der Waals surface area contributed by atoms with Gasteiger partial charge in [0.2, 0.25) is 0 Å². The van der Waals surface area contributed by atoms with Gasteiger partial charge in [0, 0.05) is 37.9 Å². The lowest BCUT2D eigenvalue weighted by molar-refractivity contribution is 0.914. The summed E-state index contributed by atoms with van der Waals surface area (Å²) in [6, 6.07) is 8.02. The van der Waals surface area contributed by atoms with E-state index in [1.165, 1.54) is 5.56 Å². The Morgan fingerprint density at radius 3 is 2.65 bits per heavy atom. The molecule has 3 nitrogen and oxygen atoms in total. The highest BCUT2D eigenvalue weighted by molar-refractivity contribution is 6.16. The largest absolute Gasteiger partial charge is 0.370 e. The smallest absolute Gasteiger partial charge is 0.0648 e. The van der Waals surface area contributed by atoms with Crippen LogP contribution in [-0.4, -0.2) is 17.0 Å². The van der Waals surface area contributed by atoms with Gasteiger partial charge in [-0.05, 0) is 29.8 Å². The number of pyridine rings is 2. The van der Waals surface area contributed by atoms with E-state index >= 15 is 0 Å². The minimum Gasteiger partial charge on any atom is -0.370 e. The molecule has 2 rings (SSSR count). The average molecular weight is 248 g/mol. The van der Waals surface area contributed by atoms with Crippen LogP contribution in [0.25, 0.3) is 0 Å². The van der Waals surface area contributed by atoms with Crippen molar-refractivity contribution in [3.05, 3.63) is 54.1 Å². The van der Waals surface area contributed by atoms with Crippen molar-refractivity contribution in [1.82, 2.24) is 9.97 Å². The number of rotatable bonds is 4. The number of halogens is 1. The number of nitrogens with zero attached hydrogens (tertiary/aromatic N) is 3. The van der Waals surface area contributed by atoms with Crippen molar-refractivity contribution >= 4 is 17.3 Å². The van der Waals surface area contributed by atoms with Gasteiger partial charge in [-0.25, -0.2) is 0 Å². The molecule has 0 unspecified atom stereocenters. The van der Waals surface area contributed by atoms with Crippen LogP contribution in [0.2, 0.25) is 0 Å². The summed E-state index contributed by atoms with van der Waals surface area (Å²) in [7, 11) is 2.05. The quantitative estimate of drug-likeness (QED) is 0.778. The van der Waals surface area contributed by atoms with Gasteiger partial charge < -0.3 is 4.90 Å². The molecule has 0 atom stereocenters. The van der Waals surface area contributed by atoms with Crippen molar-refractivity contribution < 1.29 is 0 Å². The second-order valence-corrected chi connectivity index (χ2v) is 4.12. The molecule has 0 N–H and O–H groups in total. The van der Waals surface area contributed by atoms with Crippen LogP contribution in [0.15, 0.2) is 42.9 Å². The first-order chi connectivity index (χ1) is 8.29. The second-order valence-electron chi connectivity index (χ2n) is 3.85. The molecule has 4 heteroatoms. The fraction of sp³-hybridized carbons (Fsp3) is 0.231. The van der Waals surface area contributed by atoms with Crippen LogP contribution < -0.4 is 4.90 Å². The molecule has 0 amide bonds. The molecule has 0 bridgehead atoms. The van der Waals surface area contributed by atoms with E-state index in [4.69, 9.17) is 11.6 Å². The Labute approximate surface area is 106 Å². The highest BCUT2D eigenvalue weighted by Gasteiger charge is 2.03. The molecule has 0 aromatic carbocycles. The second kappa shape index (κ2) is 5.64. The van der Waals surface area contributed by atoms with E-state index in [9.17, 15) is 0 Å². The molecule has 0 aliphatic carbocycles. The average Bonchev–Trinajstić information content (AvgIpc) is 2.40. The third kappa shape index (κ3) is 3.17. The summed E-state index contributed by atoms with van der Waals surface area (Å²) < 4.78 is 0. The number of anilines is 1. The summed E-state index contributed by atoms with van der Waals surface area (Å²) in [5.41, 5.74) is 3.24. The van der Waals surface area contributed by atoms with Crippen molar-refractivity contribution in [2.45, 2.75) is 12.4 Å². The molecule has 2 aromatic heterocycles.